The Morgan fingerprint density at radius 2 is 1.89 bits per heavy atom. The lowest BCUT2D eigenvalue weighted by Gasteiger charge is -2.24. The number of nitro groups is 1. The number of ether oxygens (including phenoxy) is 1. The molecule has 0 radical (unpaired) electrons. The number of hydrogen-bond acceptors (Lipinski definition) is 7. The van der Waals surface area contributed by atoms with E-state index in [2.05, 4.69) is 9.56 Å². The Kier molecular flexibility index (Phi) is 7.79. The van der Waals surface area contributed by atoms with E-state index in [4.69, 9.17) is 16.3 Å². The van der Waals surface area contributed by atoms with Gasteiger partial charge in [-0.05, 0) is 56.2 Å². The monoisotopic (exact) mass is 626 g/mol. The molecule has 0 saturated carbocycles. The minimum atomic E-state index is -0.946. The summed E-state index contributed by atoms with van der Waals surface area (Å²) in [4.78, 5) is 43.7. The third-order valence-corrected chi connectivity index (χ3v) is 8.87. The fourth-order valence-corrected chi connectivity index (χ4v) is 6.71. The molecule has 0 fully saturated rings. The lowest BCUT2D eigenvalue weighted by Crippen LogP contribution is -2.40. The maximum atomic E-state index is 14.1. The van der Waals surface area contributed by atoms with Crippen molar-refractivity contribution in [3.8, 4) is 0 Å². The molecule has 6 rings (SSSR count). The van der Waals surface area contributed by atoms with Gasteiger partial charge >= 0.3 is 5.97 Å². The van der Waals surface area contributed by atoms with Crippen molar-refractivity contribution < 1.29 is 14.5 Å². The summed E-state index contributed by atoms with van der Waals surface area (Å²) in [5.74, 6) is -0.624. The van der Waals surface area contributed by atoms with Crippen LogP contribution in [0, 0.1) is 17.0 Å². The maximum Gasteiger partial charge on any atom is 0.338 e. The molecule has 0 unspecified atom stereocenters. The molecule has 1 atom stereocenters. The summed E-state index contributed by atoms with van der Waals surface area (Å²) in [6, 6.07) is 19.4. The molecule has 0 saturated heterocycles. The number of aryl methyl sites for hydroxylation is 1. The number of fused-ring (bicyclic) bond motifs is 2. The van der Waals surface area contributed by atoms with E-state index >= 15 is 0 Å². The molecule has 9 nitrogen and oxygen atoms in total. The number of thiazole rings is 1. The SMILES string of the molecule is CCOC(=O)C1=C(C)N=c2s/c(=C/c3cn(Cc4ccc(Cl)cc4)c4ccccc34)c(=O)n2[C@H]1c1ccc(C)c([N+](=O)[O-])c1. The highest BCUT2D eigenvalue weighted by molar-refractivity contribution is 7.07. The van der Waals surface area contributed by atoms with Crippen LogP contribution < -0.4 is 14.9 Å². The highest BCUT2D eigenvalue weighted by atomic mass is 35.5. The first-order chi connectivity index (χ1) is 21.2. The first-order valence-electron chi connectivity index (χ1n) is 13.9. The smallest absolute Gasteiger partial charge is 0.338 e. The standard InChI is InChI=1S/C33H27ClN4O5S/c1-4-43-32(40)29-20(3)35-33-37(30(29)22-12-9-19(2)27(15-22)38(41)42)31(39)28(44-33)16-23-18-36(26-8-6-5-7-25(23)26)17-21-10-13-24(34)14-11-21/h5-16,18,30H,4,17H2,1-3H3/b28-16+/t30-/m0/s1. The Bertz CT molecular complexity index is 2180. The molecule has 44 heavy (non-hydrogen) atoms. The highest BCUT2D eigenvalue weighted by Gasteiger charge is 2.34. The molecule has 1 aliphatic rings. The maximum absolute atomic E-state index is 14.1. The summed E-state index contributed by atoms with van der Waals surface area (Å²) in [7, 11) is 0. The van der Waals surface area contributed by atoms with Crippen LogP contribution in [0.25, 0.3) is 17.0 Å². The van der Waals surface area contributed by atoms with E-state index in [0.29, 0.717) is 37.7 Å². The van der Waals surface area contributed by atoms with Crippen LogP contribution in [-0.2, 0) is 16.1 Å². The summed E-state index contributed by atoms with van der Waals surface area (Å²) in [5.41, 5.74) is 3.94. The van der Waals surface area contributed by atoms with E-state index in [9.17, 15) is 19.7 Å². The largest absolute Gasteiger partial charge is 0.463 e. The number of carbonyl (C=O) groups is 1. The summed E-state index contributed by atoms with van der Waals surface area (Å²) in [5, 5.41) is 13.4. The van der Waals surface area contributed by atoms with Gasteiger partial charge in [0.05, 0.1) is 33.4 Å². The Hall–Kier alpha value is -4.80. The van der Waals surface area contributed by atoms with Crippen LogP contribution >= 0.6 is 22.9 Å². The molecule has 1 aliphatic heterocycles. The van der Waals surface area contributed by atoms with Gasteiger partial charge in [-0.25, -0.2) is 9.79 Å². The molecule has 5 aromatic rings. The lowest BCUT2D eigenvalue weighted by atomic mass is 9.94. The molecule has 0 spiro atoms. The van der Waals surface area contributed by atoms with Crippen LogP contribution in [0.5, 0.6) is 0 Å². The van der Waals surface area contributed by atoms with E-state index in [-0.39, 0.29) is 23.4 Å². The number of aromatic nitrogens is 2. The molecule has 11 heteroatoms. The molecule has 222 valence electrons. The normalized spacial score (nSPS) is 14.9. The molecule has 0 bridgehead atoms. The fraction of sp³-hybridized carbons (Fsp3) is 0.182. The van der Waals surface area contributed by atoms with E-state index in [0.717, 1.165) is 22.0 Å². The molecule has 0 N–H and O–H groups in total. The lowest BCUT2D eigenvalue weighted by molar-refractivity contribution is -0.385. The first-order valence-corrected chi connectivity index (χ1v) is 15.1. The molecule has 0 aliphatic carbocycles. The van der Waals surface area contributed by atoms with E-state index in [1.54, 1.807) is 32.9 Å². The van der Waals surface area contributed by atoms with Crippen molar-refractivity contribution in [2.75, 3.05) is 6.61 Å². The van der Waals surface area contributed by atoms with Gasteiger partial charge in [-0.3, -0.25) is 19.5 Å². The number of halogens is 1. The molecule has 3 aromatic carbocycles. The van der Waals surface area contributed by atoms with Crippen LogP contribution in [0.2, 0.25) is 5.02 Å². The summed E-state index contributed by atoms with van der Waals surface area (Å²) in [6.07, 6.45) is 3.84. The summed E-state index contributed by atoms with van der Waals surface area (Å²) < 4.78 is 9.33. The summed E-state index contributed by atoms with van der Waals surface area (Å²) in [6.45, 7) is 5.76. The van der Waals surface area contributed by atoms with Gasteiger partial charge in [-0.15, -0.1) is 0 Å². The van der Waals surface area contributed by atoms with Gasteiger partial charge in [0, 0.05) is 45.9 Å². The quantitative estimate of drug-likeness (QED) is 0.131. The van der Waals surface area contributed by atoms with Crippen molar-refractivity contribution in [1.82, 2.24) is 9.13 Å². The zero-order valence-corrected chi connectivity index (χ0v) is 25.7. The second-order valence-corrected chi connectivity index (χ2v) is 11.9. The average molecular weight is 627 g/mol. The molecule has 0 amide bonds. The molecular formula is C33H27ClN4O5S. The van der Waals surface area contributed by atoms with E-state index in [1.165, 1.54) is 22.0 Å². The molecular weight excluding hydrogens is 600 g/mol. The van der Waals surface area contributed by atoms with Crippen LogP contribution in [-0.4, -0.2) is 26.6 Å². The van der Waals surface area contributed by atoms with Gasteiger partial charge in [0.1, 0.15) is 0 Å². The van der Waals surface area contributed by atoms with Gasteiger partial charge < -0.3 is 9.30 Å². The third-order valence-electron chi connectivity index (χ3n) is 7.63. The van der Waals surface area contributed by atoms with Gasteiger partial charge in [0.2, 0.25) is 0 Å². The first kappa shape index (κ1) is 29.3. The van der Waals surface area contributed by atoms with E-state index < -0.39 is 16.9 Å². The number of nitrogens with zero attached hydrogens (tertiary/aromatic N) is 4. The number of allylic oxidation sites excluding steroid dienone is 1. The molecule has 3 heterocycles. The number of rotatable bonds is 7. The number of hydrogen-bond donors (Lipinski definition) is 0. The third kappa shape index (κ3) is 5.27. The Morgan fingerprint density at radius 3 is 2.61 bits per heavy atom. The average Bonchev–Trinajstić information content (AvgIpc) is 3.50. The number of esters is 1. The second-order valence-electron chi connectivity index (χ2n) is 10.5. The predicted octanol–water partition coefficient (Wildman–Crippen LogP) is 5.67. The topological polar surface area (TPSA) is 109 Å². The minimum absolute atomic E-state index is 0.101. The van der Waals surface area contributed by atoms with Crippen molar-refractivity contribution in [1.29, 1.82) is 0 Å². The van der Waals surface area contributed by atoms with Crippen molar-refractivity contribution in [3.05, 3.63) is 141 Å². The zero-order valence-electron chi connectivity index (χ0n) is 24.1. The van der Waals surface area contributed by atoms with Crippen molar-refractivity contribution in [2.24, 2.45) is 4.99 Å². The zero-order chi connectivity index (χ0) is 31.1. The van der Waals surface area contributed by atoms with Crippen LogP contribution in [0.15, 0.2) is 94.0 Å². The minimum Gasteiger partial charge on any atom is -0.463 e. The Balaban J connectivity index is 1.53. The Labute approximate surface area is 260 Å². The van der Waals surface area contributed by atoms with Gasteiger partial charge in [-0.1, -0.05) is 65.4 Å². The summed E-state index contributed by atoms with van der Waals surface area (Å²) >= 11 is 7.29. The van der Waals surface area contributed by atoms with Gasteiger partial charge in [-0.2, -0.15) is 0 Å². The van der Waals surface area contributed by atoms with Gasteiger partial charge in [0.25, 0.3) is 11.2 Å². The highest BCUT2D eigenvalue weighted by Crippen LogP contribution is 2.33. The number of benzene rings is 3. The number of carbonyl (C=O) groups excluding carboxylic acids is 1. The van der Waals surface area contributed by atoms with Crippen LogP contribution in [0.3, 0.4) is 0 Å². The van der Waals surface area contributed by atoms with Crippen molar-refractivity contribution in [3.63, 3.8) is 0 Å². The second kappa shape index (κ2) is 11.7. The molecule has 2 aromatic heterocycles. The van der Waals surface area contributed by atoms with Gasteiger partial charge in [0.15, 0.2) is 4.80 Å². The number of nitro benzene ring substituents is 1. The van der Waals surface area contributed by atoms with Crippen LogP contribution in [0.4, 0.5) is 5.69 Å². The number of para-hydroxylation sites is 1. The predicted molar refractivity (Wildman–Crippen MR) is 171 cm³/mol. The van der Waals surface area contributed by atoms with Crippen molar-refractivity contribution in [2.45, 2.75) is 33.4 Å². The Morgan fingerprint density at radius 1 is 1.14 bits per heavy atom. The van der Waals surface area contributed by atoms with Crippen LogP contribution in [0.1, 0.15) is 42.1 Å². The fourth-order valence-electron chi connectivity index (χ4n) is 5.55. The van der Waals surface area contributed by atoms with E-state index in [1.807, 2.05) is 60.8 Å². The van der Waals surface area contributed by atoms with Crippen molar-refractivity contribution >= 4 is 51.6 Å².